The Labute approximate surface area is 175 Å². The second-order valence-corrected chi connectivity index (χ2v) is 7.42. The number of hydrogen-bond donors (Lipinski definition) is 2. The van der Waals surface area contributed by atoms with Crippen molar-refractivity contribution in [1.29, 1.82) is 0 Å². The zero-order chi connectivity index (χ0) is 21.1. The third-order valence-corrected chi connectivity index (χ3v) is 5.37. The lowest BCUT2D eigenvalue weighted by Gasteiger charge is -2.21. The molecule has 0 aliphatic carbocycles. The van der Waals surface area contributed by atoms with E-state index in [0.717, 1.165) is 34.3 Å². The van der Waals surface area contributed by atoms with E-state index in [0.29, 0.717) is 18.7 Å². The summed E-state index contributed by atoms with van der Waals surface area (Å²) in [4.78, 5) is 26.6. The summed E-state index contributed by atoms with van der Waals surface area (Å²) < 4.78 is 5.50. The number of rotatable bonds is 6. The summed E-state index contributed by atoms with van der Waals surface area (Å²) in [5.74, 6) is 0.581. The van der Waals surface area contributed by atoms with Gasteiger partial charge in [-0.3, -0.25) is 9.59 Å². The highest BCUT2D eigenvalue weighted by molar-refractivity contribution is 6.04. The van der Waals surface area contributed by atoms with Crippen molar-refractivity contribution in [3.63, 3.8) is 0 Å². The van der Waals surface area contributed by atoms with Gasteiger partial charge in [-0.2, -0.15) is 0 Å². The highest BCUT2D eigenvalue weighted by Gasteiger charge is 2.25. The Kier molecular flexibility index (Phi) is 5.57. The van der Waals surface area contributed by atoms with Gasteiger partial charge >= 0.3 is 0 Å². The van der Waals surface area contributed by atoms with Crippen LogP contribution in [0.4, 0.5) is 17.1 Å². The molecule has 3 aromatic rings. The second kappa shape index (κ2) is 8.45. The van der Waals surface area contributed by atoms with Gasteiger partial charge in [-0.15, -0.1) is 0 Å². The summed E-state index contributed by atoms with van der Waals surface area (Å²) >= 11 is 0. The summed E-state index contributed by atoms with van der Waals surface area (Å²) in [6, 6.07) is 18.9. The fourth-order valence-electron chi connectivity index (χ4n) is 3.78. The van der Waals surface area contributed by atoms with Gasteiger partial charge in [0, 0.05) is 35.8 Å². The van der Waals surface area contributed by atoms with Crippen LogP contribution in [0.3, 0.4) is 0 Å². The molecule has 0 aromatic heterocycles. The maximum absolute atomic E-state index is 12.8. The number of fused-ring (bicyclic) bond motifs is 1. The first-order valence-corrected chi connectivity index (χ1v) is 10.1. The van der Waals surface area contributed by atoms with Crippen molar-refractivity contribution in [2.45, 2.75) is 25.8 Å². The van der Waals surface area contributed by atoms with Crippen molar-refractivity contribution in [3.05, 3.63) is 60.7 Å². The van der Waals surface area contributed by atoms with Crippen LogP contribution in [-0.2, 0) is 9.59 Å². The quantitative estimate of drug-likeness (QED) is 0.639. The van der Waals surface area contributed by atoms with E-state index in [1.165, 1.54) is 0 Å². The minimum absolute atomic E-state index is 0.108. The first kappa shape index (κ1) is 19.8. The minimum Gasteiger partial charge on any atom is -0.494 e. The van der Waals surface area contributed by atoms with Crippen LogP contribution in [0.2, 0.25) is 0 Å². The molecule has 0 saturated carbocycles. The predicted molar refractivity (Wildman–Crippen MR) is 120 cm³/mol. The normalized spacial score (nSPS) is 14.6. The molecule has 2 amide bonds. The average molecular weight is 403 g/mol. The van der Waals surface area contributed by atoms with Crippen LogP contribution < -0.4 is 20.3 Å². The molecule has 3 aromatic carbocycles. The fourth-order valence-corrected chi connectivity index (χ4v) is 3.78. The van der Waals surface area contributed by atoms with Crippen LogP contribution in [0.5, 0.6) is 5.75 Å². The molecule has 1 saturated heterocycles. The van der Waals surface area contributed by atoms with E-state index in [1.807, 2.05) is 67.6 Å². The van der Waals surface area contributed by atoms with Gasteiger partial charge in [0.25, 0.3) is 0 Å². The molecule has 1 unspecified atom stereocenters. The molecule has 6 heteroatoms. The zero-order valence-electron chi connectivity index (χ0n) is 17.1. The summed E-state index contributed by atoms with van der Waals surface area (Å²) in [5, 5.41) is 8.31. The van der Waals surface area contributed by atoms with Crippen LogP contribution in [-0.4, -0.2) is 31.5 Å². The maximum atomic E-state index is 12.8. The molecule has 1 aliphatic rings. The molecule has 2 N–H and O–H groups in total. The SMILES string of the molecule is COc1cc(NC(C)C(=O)Nc2cccc3ccccc23)ccc1N1CCCC1=O. The summed E-state index contributed by atoms with van der Waals surface area (Å²) in [6.07, 6.45) is 1.42. The van der Waals surface area contributed by atoms with Gasteiger partial charge in [0.15, 0.2) is 0 Å². The van der Waals surface area contributed by atoms with Crippen molar-refractivity contribution in [2.75, 3.05) is 29.2 Å². The number of nitrogens with one attached hydrogen (secondary N) is 2. The molecule has 1 aliphatic heterocycles. The van der Waals surface area contributed by atoms with Crippen molar-refractivity contribution >= 4 is 39.6 Å². The van der Waals surface area contributed by atoms with E-state index in [4.69, 9.17) is 4.74 Å². The lowest BCUT2D eigenvalue weighted by atomic mass is 10.1. The number of anilines is 3. The molecule has 4 rings (SSSR count). The van der Waals surface area contributed by atoms with Crippen molar-refractivity contribution in [2.24, 2.45) is 0 Å². The molecule has 0 radical (unpaired) electrons. The molecule has 1 atom stereocenters. The number of carbonyl (C=O) groups is 2. The highest BCUT2D eigenvalue weighted by Crippen LogP contribution is 2.34. The van der Waals surface area contributed by atoms with E-state index in [9.17, 15) is 9.59 Å². The van der Waals surface area contributed by atoms with E-state index in [-0.39, 0.29) is 11.8 Å². The molecule has 30 heavy (non-hydrogen) atoms. The van der Waals surface area contributed by atoms with E-state index < -0.39 is 6.04 Å². The van der Waals surface area contributed by atoms with Crippen molar-refractivity contribution < 1.29 is 14.3 Å². The van der Waals surface area contributed by atoms with Crippen LogP contribution in [0.1, 0.15) is 19.8 Å². The largest absolute Gasteiger partial charge is 0.494 e. The van der Waals surface area contributed by atoms with E-state index >= 15 is 0 Å². The van der Waals surface area contributed by atoms with Crippen LogP contribution in [0.15, 0.2) is 60.7 Å². The van der Waals surface area contributed by atoms with E-state index in [1.54, 1.807) is 12.0 Å². The number of methoxy groups -OCH3 is 1. The maximum Gasteiger partial charge on any atom is 0.246 e. The Balaban J connectivity index is 1.48. The summed E-state index contributed by atoms with van der Waals surface area (Å²) in [7, 11) is 1.58. The number of benzene rings is 3. The van der Waals surface area contributed by atoms with Gasteiger partial charge in [0.2, 0.25) is 11.8 Å². The first-order chi connectivity index (χ1) is 14.6. The van der Waals surface area contributed by atoms with Crippen molar-refractivity contribution in [1.82, 2.24) is 0 Å². The van der Waals surface area contributed by atoms with Gasteiger partial charge in [0.05, 0.1) is 12.8 Å². The number of ether oxygens (including phenoxy) is 1. The second-order valence-electron chi connectivity index (χ2n) is 7.42. The van der Waals surface area contributed by atoms with E-state index in [2.05, 4.69) is 10.6 Å². The molecule has 1 fully saturated rings. The number of amides is 2. The Bertz CT molecular complexity index is 1090. The van der Waals surface area contributed by atoms with Gasteiger partial charge in [-0.05, 0) is 36.9 Å². The molecule has 0 spiro atoms. The van der Waals surface area contributed by atoms with Gasteiger partial charge < -0.3 is 20.3 Å². The monoisotopic (exact) mass is 403 g/mol. The number of hydrogen-bond acceptors (Lipinski definition) is 4. The predicted octanol–water partition coefficient (Wildman–Crippen LogP) is 4.41. The molecular weight excluding hydrogens is 378 g/mol. The van der Waals surface area contributed by atoms with Gasteiger partial charge in [-0.25, -0.2) is 0 Å². The third kappa shape index (κ3) is 3.94. The third-order valence-electron chi connectivity index (χ3n) is 5.37. The number of nitrogens with zero attached hydrogens (tertiary/aromatic N) is 1. The molecule has 1 heterocycles. The highest BCUT2D eigenvalue weighted by atomic mass is 16.5. The topological polar surface area (TPSA) is 70.7 Å². The Morgan fingerprint density at radius 1 is 1.10 bits per heavy atom. The first-order valence-electron chi connectivity index (χ1n) is 10.1. The Morgan fingerprint density at radius 3 is 2.67 bits per heavy atom. The summed E-state index contributed by atoms with van der Waals surface area (Å²) in [5.41, 5.74) is 2.30. The Hall–Kier alpha value is -3.54. The standard InChI is InChI=1S/C24H25N3O3/c1-16(24(29)26-20-10-5-8-17-7-3-4-9-19(17)20)25-18-12-13-21(22(15-18)30-2)27-14-6-11-23(27)28/h3-5,7-10,12-13,15-16,25H,6,11,14H2,1-2H3,(H,26,29). The smallest absolute Gasteiger partial charge is 0.246 e. The number of carbonyl (C=O) groups excluding carboxylic acids is 2. The minimum atomic E-state index is -0.465. The van der Waals surface area contributed by atoms with Gasteiger partial charge in [-0.1, -0.05) is 36.4 Å². The molecule has 0 bridgehead atoms. The summed E-state index contributed by atoms with van der Waals surface area (Å²) in [6.45, 7) is 2.51. The van der Waals surface area contributed by atoms with Crippen LogP contribution in [0, 0.1) is 0 Å². The van der Waals surface area contributed by atoms with Crippen LogP contribution >= 0.6 is 0 Å². The van der Waals surface area contributed by atoms with Crippen molar-refractivity contribution in [3.8, 4) is 5.75 Å². The van der Waals surface area contributed by atoms with Crippen LogP contribution in [0.25, 0.3) is 10.8 Å². The molecule has 154 valence electrons. The lowest BCUT2D eigenvalue weighted by Crippen LogP contribution is -2.32. The lowest BCUT2D eigenvalue weighted by molar-refractivity contribution is -0.117. The molecule has 6 nitrogen and oxygen atoms in total. The molecular formula is C24H25N3O3. The fraction of sp³-hybridized carbons (Fsp3) is 0.250. The average Bonchev–Trinajstić information content (AvgIpc) is 3.19. The Morgan fingerprint density at radius 2 is 1.90 bits per heavy atom. The zero-order valence-corrected chi connectivity index (χ0v) is 17.1. The van der Waals surface area contributed by atoms with Gasteiger partial charge in [0.1, 0.15) is 11.8 Å².